The lowest BCUT2D eigenvalue weighted by molar-refractivity contribution is -1.17. The van der Waals surface area contributed by atoms with Crippen LogP contribution in [0.15, 0.2) is 0 Å². The van der Waals surface area contributed by atoms with Gasteiger partial charge in [-0.25, -0.2) is 0 Å². The Balaban J connectivity index is 9.02. The Labute approximate surface area is 188 Å². The zero-order valence-corrected chi connectivity index (χ0v) is 16.8. The summed E-state index contributed by atoms with van der Waals surface area (Å²) in [6, 6.07) is -9.92. The molecule has 28 heteroatoms. The largest absolute Gasteiger partial charge is 0.612 e. The minimum atomic E-state index is -13.4. The molecular formula is C10F26NSi+. The van der Waals surface area contributed by atoms with Gasteiger partial charge in [0.15, 0.2) is 0 Å². The molecule has 1 nitrogen and oxygen atoms in total. The quantitative estimate of drug-likeness (QED) is 0.112. The highest BCUT2D eigenvalue weighted by molar-refractivity contribution is 6.80. The summed E-state index contributed by atoms with van der Waals surface area (Å²) in [5.41, 5.74) is -30.3. The summed E-state index contributed by atoms with van der Waals surface area (Å²) >= 11 is 0. The minimum Gasteiger partial charge on any atom is -0.196 e. The molecule has 0 aromatic heterocycles. The maximum absolute atomic E-state index is 14.1. The van der Waals surface area contributed by atoms with Crippen molar-refractivity contribution in [1.29, 1.82) is 0 Å². The van der Waals surface area contributed by atoms with Crippen molar-refractivity contribution in [2.75, 3.05) is 0 Å². The fourth-order valence-corrected chi connectivity index (χ4v) is 6.71. The molecule has 230 valence electrons. The van der Waals surface area contributed by atoms with E-state index in [1.54, 1.807) is 0 Å². The van der Waals surface area contributed by atoms with Crippen molar-refractivity contribution in [2.45, 2.75) is 59.2 Å². The zero-order valence-electron chi connectivity index (χ0n) is 15.8. The second kappa shape index (κ2) is 8.43. The topological polar surface area (TPSA) is 0 Å². The maximum Gasteiger partial charge on any atom is 0.612 e. The van der Waals surface area contributed by atoms with Crippen molar-refractivity contribution in [3.05, 3.63) is 0 Å². The van der Waals surface area contributed by atoms with Gasteiger partial charge in [-0.05, 0) is 0 Å². The number of hydrogen-bond donors (Lipinski definition) is 0. The third-order valence-electron chi connectivity index (χ3n) is 4.33. The molecule has 0 aromatic rings. The molecule has 0 amide bonds. The molecule has 0 aliphatic carbocycles. The molecule has 0 aromatic carbocycles. The van der Waals surface area contributed by atoms with Crippen LogP contribution in [0.2, 0.25) is 0 Å². The van der Waals surface area contributed by atoms with Crippen LogP contribution < -0.4 is 0 Å². The molecule has 0 aliphatic rings. The average Bonchev–Trinajstić information content (AvgIpc) is 2.56. The summed E-state index contributed by atoms with van der Waals surface area (Å²) in [6.45, 7) is 0. The SMILES string of the molecule is FC(F)(F)C(F)(F)C(F)(F)[N+](F)(F)[Si](C(F)(F)C(F)(F)F)(C(F)(F)C(F)(F)F)C(F)(F)C(F)(F)C(F)(F)F. The lowest BCUT2D eigenvalue weighted by Crippen LogP contribution is -2.96. The molecule has 0 atom stereocenters. The van der Waals surface area contributed by atoms with E-state index in [1.165, 1.54) is 0 Å². The summed E-state index contributed by atoms with van der Waals surface area (Å²) in [6.07, 6.45) is -35.8. The van der Waals surface area contributed by atoms with Gasteiger partial charge >= 0.3 is 67.5 Å². The highest BCUT2D eigenvalue weighted by Crippen LogP contribution is 2.70. The number of nitrogens with zero attached hydrogens (tertiary/aromatic N) is 1. The molecule has 0 bridgehead atoms. The molecule has 0 unspecified atom stereocenters. The van der Waals surface area contributed by atoms with Gasteiger partial charge in [0.05, 0.1) is 4.59 Å². The van der Waals surface area contributed by atoms with Gasteiger partial charge in [-0.1, -0.05) is 0 Å². The second-order valence-corrected chi connectivity index (χ2v) is 10.5. The highest BCUT2D eigenvalue weighted by atomic mass is 28.3. The first-order valence-electron chi connectivity index (χ1n) is 7.57. The fraction of sp³-hybridized carbons (Fsp3) is 1.00. The molecule has 0 N–H and O–H groups in total. The predicted molar refractivity (Wildman–Crippen MR) is 62.1 cm³/mol. The van der Waals surface area contributed by atoms with Crippen molar-refractivity contribution >= 4 is 8.24 Å². The molecule has 38 heavy (non-hydrogen) atoms. The van der Waals surface area contributed by atoms with E-state index in [-0.39, 0.29) is 0 Å². The van der Waals surface area contributed by atoms with E-state index in [9.17, 15) is 114 Å². The summed E-state index contributed by atoms with van der Waals surface area (Å²) in [4.78, 5) is 0. The Kier molecular flexibility index (Phi) is 8.07. The van der Waals surface area contributed by atoms with E-state index in [1.807, 2.05) is 0 Å². The van der Waals surface area contributed by atoms with Crippen LogP contribution in [0.1, 0.15) is 0 Å². The van der Waals surface area contributed by atoms with Gasteiger partial charge in [-0.3, -0.25) is 0 Å². The Morgan fingerprint density at radius 1 is 0.316 bits per heavy atom. The van der Waals surface area contributed by atoms with Crippen molar-refractivity contribution in [2.24, 2.45) is 0 Å². The van der Waals surface area contributed by atoms with Gasteiger partial charge in [-0.2, -0.15) is 96.6 Å². The maximum atomic E-state index is 14.1. The Hall–Kier alpha value is -1.64. The Morgan fingerprint density at radius 3 is 0.737 bits per heavy atom. The van der Waals surface area contributed by atoms with E-state index < -0.39 is 72.1 Å². The van der Waals surface area contributed by atoms with Crippen molar-refractivity contribution in [3.8, 4) is 0 Å². The first-order chi connectivity index (χ1) is 15.8. The van der Waals surface area contributed by atoms with Crippen LogP contribution >= 0.6 is 0 Å². The third kappa shape index (κ3) is 4.03. The fourth-order valence-electron chi connectivity index (χ4n) is 2.49. The van der Waals surface area contributed by atoms with Gasteiger partial charge in [0.25, 0.3) is 0 Å². The summed E-state index contributed by atoms with van der Waals surface area (Å²) < 4.78 is 331. The monoisotopic (exact) mass is 656 g/mol. The van der Waals surface area contributed by atoms with Crippen LogP contribution in [0.25, 0.3) is 0 Å². The molecule has 0 fully saturated rings. The second-order valence-electron chi connectivity index (χ2n) is 6.63. The smallest absolute Gasteiger partial charge is 0.196 e. The first-order valence-corrected chi connectivity index (χ1v) is 9.52. The molecule has 0 radical (unpaired) electrons. The minimum absolute atomic E-state index is 8.61. The highest BCUT2D eigenvalue weighted by Gasteiger charge is 3.16. The normalized spacial score (nSPS) is 17.2. The van der Waals surface area contributed by atoms with Crippen LogP contribution in [-0.4, -0.2) is 72.1 Å². The van der Waals surface area contributed by atoms with Gasteiger partial charge in [-0.15, -0.1) is 8.78 Å². The van der Waals surface area contributed by atoms with Crippen molar-refractivity contribution < 1.29 is 119 Å². The lowest BCUT2D eigenvalue weighted by Gasteiger charge is -2.49. The zero-order chi connectivity index (χ0) is 32.0. The number of rotatable bonds is 7. The van der Waals surface area contributed by atoms with Crippen LogP contribution in [0.3, 0.4) is 0 Å². The van der Waals surface area contributed by atoms with Crippen LogP contribution in [0.5, 0.6) is 0 Å². The lowest BCUT2D eigenvalue weighted by atomic mass is 10.3. The summed E-state index contributed by atoms with van der Waals surface area (Å²) in [7, 11) is -13.4. The van der Waals surface area contributed by atoms with E-state index in [4.69, 9.17) is 0 Å². The van der Waals surface area contributed by atoms with Gasteiger partial charge in [0.2, 0.25) is 0 Å². The molecule has 0 rings (SSSR count). The average molecular weight is 656 g/mol. The molecule has 0 saturated carbocycles. The van der Waals surface area contributed by atoms with E-state index >= 15 is 0 Å². The predicted octanol–water partition coefficient (Wildman–Crippen LogP) is 8.15. The first kappa shape index (κ1) is 36.4. The summed E-state index contributed by atoms with van der Waals surface area (Å²) in [5.74, 6) is -18.8. The van der Waals surface area contributed by atoms with Gasteiger partial charge < -0.3 is 0 Å². The molecule has 0 spiro atoms. The van der Waals surface area contributed by atoms with Gasteiger partial charge in [0.1, 0.15) is 0 Å². The molecular weight excluding hydrogens is 656 g/mol. The number of halogens is 26. The van der Waals surface area contributed by atoms with E-state index in [0.29, 0.717) is 0 Å². The van der Waals surface area contributed by atoms with Crippen LogP contribution in [0, 0.1) is 0 Å². The van der Waals surface area contributed by atoms with Crippen LogP contribution in [-0.2, 0) is 0 Å². The van der Waals surface area contributed by atoms with E-state index in [2.05, 4.69) is 0 Å². The number of alkyl halides is 24. The van der Waals surface area contributed by atoms with Crippen molar-refractivity contribution in [1.82, 2.24) is 0 Å². The Morgan fingerprint density at radius 2 is 0.553 bits per heavy atom. The standard InChI is InChI=1S/C10F26NSi/c11-1(12,3(15,16)17)7(27,28)37(35,36)38(9(31,32)5(21,22)23,10(33,34)6(24,25)26)8(29,30)2(13,14)4(18,19)20/q+1. The molecule has 0 heterocycles. The third-order valence-corrected chi connectivity index (χ3v) is 9.06. The van der Waals surface area contributed by atoms with Gasteiger partial charge in [0, 0.05) is 8.96 Å². The van der Waals surface area contributed by atoms with Crippen molar-refractivity contribution in [3.63, 3.8) is 0 Å². The summed E-state index contributed by atoms with van der Waals surface area (Å²) in [5, 5.41) is 0. The Bertz CT molecular complexity index is 838. The van der Waals surface area contributed by atoms with Crippen LogP contribution in [0.4, 0.5) is 114 Å². The van der Waals surface area contributed by atoms with E-state index in [0.717, 1.165) is 0 Å². The molecule has 0 saturated heterocycles. The number of hydrogen-bond acceptors (Lipinski definition) is 0. The number of quaternary nitrogens is 1. The molecule has 0 aliphatic heterocycles.